The molecule has 0 unspecified atom stereocenters. The third-order valence-corrected chi connectivity index (χ3v) is 5.53. The van der Waals surface area contributed by atoms with Crippen LogP contribution >= 0.6 is 11.3 Å². The highest BCUT2D eigenvalue weighted by atomic mass is 32.1. The standard InChI is InChI=1S/C17H21N5OS/c1-13(17-19-16(20-23-17)15-7-4-11-24-15)22-10-3-2-6-14(22)12-21-9-5-8-18-21/h4-5,7-9,11,13-14H,2-3,6,10,12H2,1H3/t13-,14-/m1/s1. The number of piperidine rings is 1. The Labute approximate surface area is 145 Å². The van der Waals surface area contributed by atoms with Gasteiger partial charge < -0.3 is 4.52 Å². The van der Waals surface area contributed by atoms with Crippen LogP contribution < -0.4 is 0 Å². The first-order valence-electron chi connectivity index (χ1n) is 8.42. The molecule has 6 nitrogen and oxygen atoms in total. The summed E-state index contributed by atoms with van der Waals surface area (Å²) in [5.74, 6) is 1.39. The number of aromatic nitrogens is 4. The topological polar surface area (TPSA) is 60.0 Å². The number of rotatable bonds is 5. The van der Waals surface area contributed by atoms with Gasteiger partial charge in [-0.05, 0) is 43.8 Å². The molecule has 3 aromatic rings. The maximum absolute atomic E-state index is 5.57. The average molecular weight is 343 g/mol. The SMILES string of the molecule is C[C@H](c1nc(-c2cccs2)no1)N1CCCC[C@@H]1Cn1cccn1. The van der Waals surface area contributed by atoms with Crippen LogP contribution in [0.25, 0.3) is 10.7 Å². The van der Waals surface area contributed by atoms with Crippen molar-refractivity contribution in [2.45, 2.75) is 44.8 Å². The largest absolute Gasteiger partial charge is 0.337 e. The molecular formula is C17H21N5OS. The highest BCUT2D eigenvalue weighted by molar-refractivity contribution is 7.13. The van der Waals surface area contributed by atoms with Gasteiger partial charge >= 0.3 is 0 Å². The molecule has 4 rings (SSSR count). The molecule has 0 aromatic carbocycles. The summed E-state index contributed by atoms with van der Waals surface area (Å²) in [6, 6.07) is 6.56. The molecule has 1 fully saturated rings. The number of likely N-dealkylation sites (tertiary alicyclic amines) is 1. The van der Waals surface area contributed by atoms with Gasteiger partial charge in [-0.25, -0.2) is 0 Å². The fourth-order valence-electron chi connectivity index (χ4n) is 3.41. The Bertz CT molecular complexity index is 752. The van der Waals surface area contributed by atoms with E-state index < -0.39 is 0 Å². The number of thiophene rings is 1. The Morgan fingerprint density at radius 1 is 1.38 bits per heavy atom. The van der Waals surface area contributed by atoms with Gasteiger partial charge in [-0.2, -0.15) is 10.1 Å². The molecule has 24 heavy (non-hydrogen) atoms. The Morgan fingerprint density at radius 3 is 3.12 bits per heavy atom. The van der Waals surface area contributed by atoms with E-state index in [0.717, 1.165) is 18.0 Å². The Hall–Kier alpha value is -1.99. The third kappa shape index (κ3) is 3.14. The average Bonchev–Trinajstić information content (AvgIpc) is 3.35. The molecule has 0 radical (unpaired) electrons. The van der Waals surface area contributed by atoms with Crippen LogP contribution in [0.1, 0.15) is 38.1 Å². The molecular weight excluding hydrogens is 322 g/mol. The summed E-state index contributed by atoms with van der Waals surface area (Å²) in [6.45, 7) is 4.13. The second-order valence-corrected chi connectivity index (χ2v) is 7.17. The van der Waals surface area contributed by atoms with Crippen molar-refractivity contribution in [3.63, 3.8) is 0 Å². The molecule has 7 heteroatoms. The number of hydrogen-bond acceptors (Lipinski definition) is 6. The van der Waals surface area contributed by atoms with Crippen LogP contribution in [0.3, 0.4) is 0 Å². The van der Waals surface area contributed by atoms with Gasteiger partial charge in [0.1, 0.15) is 0 Å². The zero-order valence-corrected chi connectivity index (χ0v) is 14.5. The first-order valence-corrected chi connectivity index (χ1v) is 9.30. The summed E-state index contributed by atoms with van der Waals surface area (Å²) < 4.78 is 7.58. The summed E-state index contributed by atoms with van der Waals surface area (Å²) in [5.41, 5.74) is 0. The maximum Gasteiger partial charge on any atom is 0.244 e. The smallest absolute Gasteiger partial charge is 0.244 e. The summed E-state index contributed by atoms with van der Waals surface area (Å²) >= 11 is 1.63. The van der Waals surface area contributed by atoms with Crippen molar-refractivity contribution in [1.29, 1.82) is 0 Å². The van der Waals surface area contributed by atoms with E-state index in [9.17, 15) is 0 Å². The highest BCUT2D eigenvalue weighted by Gasteiger charge is 2.30. The first-order chi connectivity index (χ1) is 11.8. The minimum Gasteiger partial charge on any atom is -0.337 e. The van der Waals surface area contributed by atoms with E-state index in [1.807, 2.05) is 40.7 Å². The number of nitrogens with zero attached hydrogens (tertiary/aromatic N) is 5. The van der Waals surface area contributed by atoms with Crippen molar-refractivity contribution in [1.82, 2.24) is 24.8 Å². The first kappa shape index (κ1) is 15.5. The molecule has 0 spiro atoms. The number of hydrogen-bond donors (Lipinski definition) is 0. The lowest BCUT2D eigenvalue weighted by molar-refractivity contribution is 0.0720. The van der Waals surface area contributed by atoms with Crippen LogP contribution in [0.4, 0.5) is 0 Å². The van der Waals surface area contributed by atoms with Crippen molar-refractivity contribution >= 4 is 11.3 Å². The Balaban J connectivity index is 1.52. The molecule has 3 aromatic heterocycles. The lowest BCUT2D eigenvalue weighted by Crippen LogP contribution is -2.43. The van der Waals surface area contributed by atoms with Gasteiger partial charge in [0.2, 0.25) is 11.7 Å². The lowest BCUT2D eigenvalue weighted by atomic mass is 10.00. The summed E-state index contributed by atoms with van der Waals surface area (Å²) in [6.07, 6.45) is 7.52. The van der Waals surface area contributed by atoms with E-state index in [1.165, 1.54) is 19.3 Å². The van der Waals surface area contributed by atoms with Crippen LogP contribution in [0.2, 0.25) is 0 Å². The van der Waals surface area contributed by atoms with Crippen LogP contribution in [0.15, 0.2) is 40.5 Å². The van der Waals surface area contributed by atoms with E-state index >= 15 is 0 Å². The molecule has 0 N–H and O–H groups in total. The van der Waals surface area contributed by atoms with E-state index in [2.05, 4.69) is 27.1 Å². The molecule has 1 aliphatic heterocycles. The zero-order valence-electron chi connectivity index (χ0n) is 13.7. The minimum atomic E-state index is 0.118. The fraction of sp³-hybridized carbons (Fsp3) is 0.471. The lowest BCUT2D eigenvalue weighted by Gasteiger charge is -2.38. The molecule has 0 saturated carbocycles. The van der Waals surface area contributed by atoms with Crippen molar-refractivity contribution in [2.75, 3.05) is 6.54 Å². The second kappa shape index (κ2) is 6.86. The van der Waals surface area contributed by atoms with Gasteiger partial charge in [0.15, 0.2) is 0 Å². The maximum atomic E-state index is 5.57. The summed E-state index contributed by atoms with van der Waals surface area (Å²) in [4.78, 5) is 8.16. The van der Waals surface area contributed by atoms with E-state index in [1.54, 1.807) is 11.3 Å². The molecule has 1 saturated heterocycles. The molecule has 1 aliphatic rings. The molecule has 2 atom stereocenters. The van der Waals surface area contributed by atoms with Crippen LogP contribution in [-0.2, 0) is 6.54 Å². The highest BCUT2D eigenvalue weighted by Crippen LogP contribution is 2.30. The van der Waals surface area contributed by atoms with Crippen LogP contribution in [0, 0.1) is 0 Å². The van der Waals surface area contributed by atoms with Crippen molar-refractivity contribution in [2.24, 2.45) is 0 Å². The molecule has 0 aliphatic carbocycles. The van der Waals surface area contributed by atoms with E-state index in [-0.39, 0.29) is 6.04 Å². The van der Waals surface area contributed by atoms with Gasteiger partial charge in [0.05, 0.1) is 17.5 Å². The molecule has 0 bridgehead atoms. The monoisotopic (exact) mass is 343 g/mol. The van der Waals surface area contributed by atoms with Crippen molar-refractivity contribution in [3.05, 3.63) is 41.9 Å². The van der Waals surface area contributed by atoms with Gasteiger partial charge in [0.25, 0.3) is 0 Å². The van der Waals surface area contributed by atoms with Crippen LogP contribution in [0.5, 0.6) is 0 Å². The Kier molecular flexibility index (Phi) is 4.44. The predicted molar refractivity (Wildman–Crippen MR) is 92.6 cm³/mol. The zero-order chi connectivity index (χ0) is 16.4. The van der Waals surface area contributed by atoms with Gasteiger partial charge in [-0.15, -0.1) is 11.3 Å². The third-order valence-electron chi connectivity index (χ3n) is 4.67. The fourth-order valence-corrected chi connectivity index (χ4v) is 4.05. The second-order valence-electron chi connectivity index (χ2n) is 6.23. The van der Waals surface area contributed by atoms with E-state index in [4.69, 9.17) is 4.52 Å². The molecule has 0 amide bonds. The van der Waals surface area contributed by atoms with Crippen molar-refractivity contribution < 1.29 is 4.52 Å². The van der Waals surface area contributed by atoms with Gasteiger partial charge in [0, 0.05) is 18.4 Å². The predicted octanol–water partition coefficient (Wildman–Crippen LogP) is 3.61. The molecule has 4 heterocycles. The van der Waals surface area contributed by atoms with Gasteiger partial charge in [-0.3, -0.25) is 9.58 Å². The normalized spacial score (nSPS) is 20.3. The summed E-state index contributed by atoms with van der Waals surface area (Å²) in [5, 5.41) is 10.5. The quantitative estimate of drug-likeness (QED) is 0.708. The Morgan fingerprint density at radius 2 is 2.33 bits per heavy atom. The van der Waals surface area contributed by atoms with Gasteiger partial charge in [-0.1, -0.05) is 17.6 Å². The van der Waals surface area contributed by atoms with Crippen molar-refractivity contribution in [3.8, 4) is 10.7 Å². The summed E-state index contributed by atoms with van der Waals surface area (Å²) in [7, 11) is 0. The van der Waals surface area contributed by atoms with Crippen LogP contribution in [-0.4, -0.2) is 37.4 Å². The van der Waals surface area contributed by atoms with E-state index in [0.29, 0.717) is 17.8 Å². The minimum absolute atomic E-state index is 0.118. The molecule has 126 valence electrons.